The molecule has 16 heavy (non-hydrogen) atoms. The highest BCUT2D eigenvalue weighted by Gasteiger charge is 2.25. The molecule has 0 spiro atoms. The molecule has 1 aliphatic rings. The first-order valence-corrected chi connectivity index (χ1v) is 5.99. The average Bonchev–Trinajstić information content (AvgIpc) is 2.96. The van der Waals surface area contributed by atoms with Gasteiger partial charge in [-0.15, -0.1) is 5.10 Å². The van der Waals surface area contributed by atoms with Gasteiger partial charge in [0.05, 0.1) is 23.9 Å². The molecule has 0 bridgehead atoms. The van der Waals surface area contributed by atoms with Gasteiger partial charge in [-0.3, -0.25) is 0 Å². The first kappa shape index (κ1) is 11.1. The van der Waals surface area contributed by atoms with E-state index in [-0.39, 0.29) is 0 Å². The second-order valence-electron chi connectivity index (χ2n) is 5.04. The van der Waals surface area contributed by atoms with Gasteiger partial charge in [0.1, 0.15) is 0 Å². The lowest BCUT2D eigenvalue weighted by Crippen LogP contribution is -2.11. The van der Waals surface area contributed by atoms with Crippen molar-refractivity contribution in [2.24, 2.45) is 11.8 Å². The molecule has 0 atom stereocenters. The normalized spacial score (nSPS) is 15.4. The average molecular weight is 218 g/mol. The van der Waals surface area contributed by atoms with Crippen LogP contribution in [0.25, 0.3) is 0 Å². The summed E-state index contributed by atoms with van der Waals surface area (Å²) in [5.41, 5.74) is 2.08. The smallest absolute Gasteiger partial charge is 0.0999 e. The third-order valence-corrected chi connectivity index (χ3v) is 2.88. The van der Waals surface area contributed by atoms with Crippen molar-refractivity contribution in [1.29, 1.82) is 5.26 Å². The molecule has 4 nitrogen and oxygen atoms in total. The zero-order valence-electron chi connectivity index (χ0n) is 9.98. The maximum atomic E-state index is 8.76. The maximum Gasteiger partial charge on any atom is 0.0999 e. The van der Waals surface area contributed by atoms with Crippen molar-refractivity contribution in [3.63, 3.8) is 0 Å². The molecule has 1 aromatic heterocycles. The van der Waals surface area contributed by atoms with Crippen molar-refractivity contribution >= 4 is 0 Å². The van der Waals surface area contributed by atoms with Crippen LogP contribution in [0.2, 0.25) is 0 Å². The van der Waals surface area contributed by atoms with Crippen LogP contribution in [0.15, 0.2) is 0 Å². The van der Waals surface area contributed by atoms with E-state index in [4.69, 9.17) is 5.26 Å². The van der Waals surface area contributed by atoms with Crippen LogP contribution in [0, 0.1) is 23.2 Å². The van der Waals surface area contributed by atoms with E-state index in [0.29, 0.717) is 12.3 Å². The van der Waals surface area contributed by atoms with Crippen LogP contribution in [-0.4, -0.2) is 15.0 Å². The molecule has 0 amide bonds. The Labute approximate surface area is 96.3 Å². The van der Waals surface area contributed by atoms with E-state index in [9.17, 15) is 0 Å². The number of hydrogen-bond donors (Lipinski definition) is 0. The lowest BCUT2D eigenvalue weighted by Gasteiger charge is -2.08. The predicted molar refractivity (Wildman–Crippen MR) is 60.6 cm³/mol. The van der Waals surface area contributed by atoms with Gasteiger partial charge >= 0.3 is 0 Å². The number of nitriles is 1. The van der Waals surface area contributed by atoms with Gasteiger partial charge in [-0.2, -0.15) is 5.26 Å². The second-order valence-corrected chi connectivity index (χ2v) is 5.04. The highest BCUT2D eigenvalue weighted by molar-refractivity contribution is 5.16. The van der Waals surface area contributed by atoms with E-state index in [1.165, 1.54) is 18.5 Å². The largest absolute Gasteiger partial charge is 0.249 e. The van der Waals surface area contributed by atoms with Gasteiger partial charge < -0.3 is 0 Å². The van der Waals surface area contributed by atoms with Gasteiger partial charge in [-0.25, -0.2) is 4.68 Å². The van der Waals surface area contributed by atoms with Crippen LogP contribution in [0.1, 0.15) is 38.1 Å². The van der Waals surface area contributed by atoms with Gasteiger partial charge in [0, 0.05) is 6.54 Å². The lowest BCUT2D eigenvalue weighted by atomic mass is 10.1. The Balaban J connectivity index is 2.18. The predicted octanol–water partition coefficient (Wildman–Crippen LogP) is 1.95. The van der Waals surface area contributed by atoms with Gasteiger partial charge in [-0.05, 0) is 31.1 Å². The highest BCUT2D eigenvalue weighted by Crippen LogP contribution is 2.33. The Morgan fingerprint density at radius 2 is 2.25 bits per heavy atom. The Bertz CT molecular complexity index is 396. The van der Waals surface area contributed by atoms with E-state index in [0.717, 1.165) is 24.6 Å². The molecular weight excluding hydrogens is 200 g/mol. The number of nitrogens with zero attached hydrogens (tertiary/aromatic N) is 4. The third kappa shape index (κ3) is 2.60. The molecule has 1 aromatic rings. The van der Waals surface area contributed by atoms with Crippen molar-refractivity contribution in [1.82, 2.24) is 15.0 Å². The summed E-state index contributed by atoms with van der Waals surface area (Å²) in [6, 6.07) is 2.17. The number of aromatic nitrogens is 3. The standard InChI is InChI=1S/C12H18N4/c1-9(2)8-16-12(7-10-3-4-10)11(5-6-13)14-15-16/h9-10H,3-5,7-8H2,1-2H3. The monoisotopic (exact) mass is 218 g/mol. The fourth-order valence-corrected chi connectivity index (χ4v) is 1.89. The molecule has 1 aliphatic carbocycles. The fourth-order valence-electron chi connectivity index (χ4n) is 1.89. The van der Waals surface area contributed by atoms with Gasteiger partial charge in [-0.1, -0.05) is 19.1 Å². The number of rotatable bonds is 5. The van der Waals surface area contributed by atoms with E-state index >= 15 is 0 Å². The van der Waals surface area contributed by atoms with Crippen LogP contribution < -0.4 is 0 Å². The van der Waals surface area contributed by atoms with Crippen LogP contribution in [-0.2, 0) is 19.4 Å². The molecule has 4 heteroatoms. The van der Waals surface area contributed by atoms with E-state index in [1.807, 2.05) is 4.68 Å². The first-order valence-electron chi connectivity index (χ1n) is 5.99. The first-order chi connectivity index (χ1) is 7.70. The SMILES string of the molecule is CC(C)Cn1nnc(CC#N)c1CC1CC1. The summed E-state index contributed by atoms with van der Waals surface area (Å²) in [6.45, 7) is 5.25. The van der Waals surface area contributed by atoms with Crippen LogP contribution >= 0.6 is 0 Å². The van der Waals surface area contributed by atoms with E-state index < -0.39 is 0 Å². The molecule has 1 saturated carbocycles. The second kappa shape index (κ2) is 4.65. The van der Waals surface area contributed by atoms with Gasteiger partial charge in [0.2, 0.25) is 0 Å². The van der Waals surface area contributed by atoms with Crippen molar-refractivity contribution in [3.05, 3.63) is 11.4 Å². The molecule has 0 N–H and O–H groups in total. The maximum absolute atomic E-state index is 8.76. The van der Waals surface area contributed by atoms with E-state index in [1.54, 1.807) is 0 Å². The minimum atomic E-state index is 0.389. The van der Waals surface area contributed by atoms with E-state index in [2.05, 4.69) is 30.2 Å². The summed E-state index contributed by atoms with van der Waals surface area (Å²) in [5, 5.41) is 17.1. The molecule has 0 aromatic carbocycles. The Morgan fingerprint density at radius 1 is 1.50 bits per heavy atom. The van der Waals surface area contributed by atoms with Gasteiger partial charge in [0.15, 0.2) is 0 Å². The lowest BCUT2D eigenvalue weighted by molar-refractivity contribution is 0.455. The van der Waals surface area contributed by atoms with Crippen LogP contribution in [0.5, 0.6) is 0 Å². The van der Waals surface area contributed by atoms with Crippen molar-refractivity contribution in [2.45, 2.75) is 46.1 Å². The Kier molecular flexibility index (Phi) is 3.23. The molecule has 86 valence electrons. The topological polar surface area (TPSA) is 54.5 Å². The van der Waals surface area contributed by atoms with Crippen molar-refractivity contribution < 1.29 is 0 Å². The van der Waals surface area contributed by atoms with Crippen molar-refractivity contribution in [3.8, 4) is 6.07 Å². The summed E-state index contributed by atoms with van der Waals surface area (Å²) in [5.74, 6) is 1.37. The molecule has 0 saturated heterocycles. The van der Waals surface area contributed by atoms with Crippen molar-refractivity contribution in [2.75, 3.05) is 0 Å². The summed E-state index contributed by atoms with van der Waals surface area (Å²) in [4.78, 5) is 0. The molecule has 1 fully saturated rings. The minimum absolute atomic E-state index is 0.389. The van der Waals surface area contributed by atoms with Crippen LogP contribution in [0.3, 0.4) is 0 Å². The summed E-state index contributed by atoms with van der Waals surface area (Å²) >= 11 is 0. The molecule has 2 rings (SSSR count). The zero-order chi connectivity index (χ0) is 11.5. The van der Waals surface area contributed by atoms with Crippen LogP contribution in [0.4, 0.5) is 0 Å². The molecular formula is C12H18N4. The Hall–Kier alpha value is -1.37. The highest BCUT2D eigenvalue weighted by atomic mass is 15.4. The third-order valence-electron chi connectivity index (χ3n) is 2.88. The molecule has 0 radical (unpaired) electrons. The minimum Gasteiger partial charge on any atom is -0.249 e. The molecule has 0 unspecified atom stereocenters. The fraction of sp³-hybridized carbons (Fsp3) is 0.750. The summed E-state index contributed by atoms with van der Waals surface area (Å²) < 4.78 is 2.00. The molecule has 1 heterocycles. The zero-order valence-corrected chi connectivity index (χ0v) is 9.98. The number of hydrogen-bond acceptors (Lipinski definition) is 3. The summed E-state index contributed by atoms with van der Waals surface area (Å²) in [6.07, 6.45) is 4.08. The van der Waals surface area contributed by atoms with Gasteiger partial charge in [0.25, 0.3) is 0 Å². The summed E-state index contributed by atoms with van der Waals surface area (Å²) in [7, 11) is 0. The molecule has 0 aliphatic heterocycles. The Morgan fingerprint density at radius 3 is 2.81 bits per heavy atom. The quantitative estimate of drug-likeness (QED) is 0.759.